The smallest absolute Gasteiger partial charge is 0.0294 e. The molecule has 1 atom stereocenters. The van der Waals surface area contributed by atoms with Gasteiger partial charge in [0.2, 0.25) is 0 Å². The SMILES string of the molecule is C[C@H](NC1CCCCCC1)c1ccc(Br)cc1. The zero-order valence-electron chi connectivity index (χ0n) is 10.6. The van der Waals surface area contributed by atoms with Crippen LogP contribution in [-0.2, 0) is 0 Å². The van der Waals surface area contributed by atoms with Gasteiger partial charge in [0.1, 0.15) is 0 Å². The summed E-state index contributed by atoms with van der Waals surface area (Å²) in [6.07, 6.45) is 8.33. The van der Waals surface area contributed by atoms with Crippen molar-refractivity contribution in [1.29, 1.82) is 0 Å². The Balaban J connectivity index is 1.91. The molecule has 1 aromatic carbocycles. The molecule has 1 aliphatic carbocycles. The molecule has 0 unspecified atom stereocenters. The third-order valence-corrected chi connectivity index (χ3v) is 4.24. The van der Waals surface area contributed by atoms with Crippen LogP contribution in [-0.4, -0.2) is 6.04 Å². The molecule has 0 saturated heterocycles. The molecule has 0 radical (unpaired) electrons. The molecule has 17 heavy (non-hydrogen) atoms. The van der Waals surface area contributed by atoms with Gasteiger partial charge in [-0.3, -0.25) is 0 Å². The Bertz CT molecular complexity index is 325. The zero-order chi connectivity index (χ0) is 12.1. The summed E-state index contributed by atoms with van der Waals surface area (Å²) in [6.45, 7) is 2.27. The first kappa shape index (κ1) is 13.1. The molecule has 0 spiro atoms. The lowest BCUT2D eigenvalue weighted by atomic mass is 10.0. The predicted octanol–water partition coefficient (Wildman–Crippen LogP) is 4.82. The predicted molar refractivity (Wildman–Crippen MR) is 77.2 cm³/mol. The van der Waals surface area contributed by atoms with Crippen molar-refractivity contribution in [2.45, 2.75) is 57.5 Å². The molecule has 2 heteroatoms. The summed E-state index contributed by atoms with van der Waals surface area (Å²) in [5.41, 5.74) is 1.39. The first-order valence-electron chi connectivity index (χ1n) is 6.77. The minimum atomic E-state index is 0.464. The van der Waals surface area contributed by atoms with Crippen LogP contribution in [0.3, 0.4) is 0 Å². The second-order valence-electron chi connectivity index (χ2n) is 5.13. The van der Waals surface area contributed by atoms with Crippen molar-refractivity contribution in [2.24, 2.45) is 0 Å². The van der Waals surface area contributed by atoms with E-state index in [2.05, 4.69) is 52.4 Å². The number of benzene rings is 1. The van der Waals surface area contributed by atoms with E-state index < -0.39 is 0 Å². The van der Waals surface area contributed by atoms with Crippen LogP contribution in [0.1, 0.15) is 57.1 Å². The minimum absolute atomic E-state index is 0.464. The summed E-state index contributed by atoms with van der Waals surface area (Å²) >= 11 is 3.48. The van der Waals surface area contributed by atoms with Gasteiger partial charge in [-0.25, -0.2) is 0 Å². The topological polar surface area (TPSA) is 12.0 Å². The van der Waals surface area contributed by atoms with Crippen LogP contribution in [0.5, 0.6) is 0 Å². The third kappa shape index (κ3) is 4.11. The van der Waals surface area contributed by atoms with E-state index in [0.29, 0.717) is 6.04 Å². The molecular weight excluding hydrogens is 274 g/mol. The molecule has 0 bridgehead atoms. The van der Waals surface area contributed by atoms with Gasteiger partial charge >= 0.3 is 0 Å². The van der Waals surface area contributed by atoms with E-state index in [1.807, 2.05) is 0 Å². The average Bonchev–Trinajstić information content (AvgIpc) is 2.58. The Kier molecular flexibility index (Phi) is 5.05. The van der Waals surface area contributed by atoms with Crippen molar-refractivity contribution in [3.05, 3.63) is 34.3 Å². The van der Waals surface area contributed by atoms with Crippen LogP contribution in [0, 0.1) is 0 Å². The van der Waals surface area contributed by atoms with Gasteiger partial charge in [-0.2, -0.15) is 0 Å². The van der Waals surface area contributed by atoms with E-state index in [9.17, 15) is 0 Å². The Morgan fingerprint density at radius 2 is 1.65 bits per heavy atom. The number of nitrogens with one attached hydrogen (secondary N) is 1. The molecule has 0 amide bonds. The highest BCUT2D eigenvalue weighted by atomic mass is 79.9. The highest BCUT2D eigenvalue weighted by Gasteiger charge is 2.15. The van der Waals surface area contributed by atoms with Crippen molar-refractivity contribution in [1.82, 2.24) is 5.32 Å². The van der Waals surface area contributed by atoms with Gasteiger partial charge < -0.3 is 5.32 Å². The summed E-state index contributed by atoms with van der Waals surface area (Å²) in [6, 6.07) is 9.85. The van der Waals surface area contributed by atoms with Crippen LogP contribution in [0.2, 0.25) is 0 Å². The lowest BCUT2D eigenvalue weighted by Gasteiger charge is -2.22. The summed E-state index contributed by atoms with van der Waals surface area (Å²) in [5, 5.41) is 3.78. The molecule has 1 aromatic rings. The van der Waals surface area contributed by atoms with Crippen LogP contribution in [0.25, 0.3) is 0 Å². The number of hydrogen-bond acceptors (Lipinski definition) is 1. The Labute approximate surface area is 113 Å². The maximum atomic E-state index is 3.78. The fourth-order valence-electron chi connectivity index (χ4n) is 2.65. The van der Waals surface area contributed by atoms with Gasteiger partial charge in [-0.05, 0) is 37.5 Å². The average molecular weight is 296 g/mol. The van der Waals surface area contributed by atoms with E-state index in [4.69, 9.17) is 0 Å². The summed E-state index contributed by atoms with van der Waals surface area (Å²) in [5.74, 6) is 0. The highest BCUT2D eigenvalue weighted by molar-refractivity contribution is 9.10. The van der Waals surface area contributed by atoms with Crippen molar-refractivity contribution in [3.63, 3.8) is 0 Å². The molecule has 0 heterocycles. The van der Waals surface area contributed by atoms with E-state index in [1.165, 1.54) is 44.1 Å². The van der Waals surface area contributed by atoms with Crippen LogP contribution in [0.4, 0.5) is 0 Å². The van der Waals surface area contributed by atoms with Gasteiger partial charge in [-0.1, -0.05) is 53.7 Å². The third-order valence-electron chi connectivity index (χ3n) is 3.71. The molecule has 1 nitrogen and oxygen atoms in total. The molecule has 1 N–H and O–H groups in total. The maximum Gasteiger partial charge on any atom is 0.0294 e. The normalized spacial score (nSPS) is 19.9. The molecular formula is C15H22BrN. The van der Waals surface area contributed by atoms with Gasteiger partial charge in [0.05, 0.1) is 0 Å². The van der Waals surface area contributed by atoms with E-state index in [1.54, 1.807) is 0 Å². The second-order valence-corrected chi connectivity index (χ2v) is 6.04. The largest absolute Gasteiger partial charge is 0.307 e. The number of hydrogen-bond donors (Lipinski definition) is 1. The summed E-state index contributed by atoms with van der Waals surface area (Å²) < 4.78 is 1.16. The van der Waals surface area contributed by atoms with Gasteiger partial charge in [0, 0.05) is 16.6 Å². The highest BCUT2D eigenvalue weighted by Crippen LogP contribution is 2.22. The molecule has 1 aliphatic rings. The van der Waals surface area contributed by atoms with E-state index in [-0.39, 0.29) is 0 Å². The van der Waals surface area contributed by atoms with Gasteiger partial charge in [0.25, 0.3) is 0 Å². The van der Waals surface area contributed by atoms with Crippen LogP contribution < -0.4 is 5.32 Å². The molecule has 1 saturated carbocycles. The van der Waals surface area contributed by atoms with E-state index in [0.717, 1.165) is 10.5 Å². The standard InChI is InChI=1S/C15H22BrN/c1-12(13-8-10-14(16)11-9-13)17-15-6-4-2-3-5-7-15/h8-12,15,17H,2-7H2,1H3/t12-/m0/s1. The monoisotopic (exact) mass is 295 g/mol. The van der Waals surface area contributed by atoms with Gasteiger partial charge in [-0.15, -0.1) is 0 Å². The summed E-state index contributed by atoms with van der Waals surface area (Å²) in [7, 11) is 0. The quantitative estimate of drug-likeness (QED) is 0.788. The van der Waals surface area contributed by atoms with Crippen molar-refractivity contribution in [2.75, 3.05) is 0 Å². The Morgan fingerprint density at radius 1 is 1.06 bits per heavy atom. The Hall–Kier alpha value is -0.340. The lowest BCUT2D eigenvalue weighted by molar-refractivity contribution is 0.414. The first-order chi connectivity index (χ1) is 8.25. The maximum absolute atomic E-state index is 3.78. The molecule has 1 fully saturated rings. The van der Waals surface area contributed by atoms with Crippen LogP contribution >= 0.6 is 15.9 Å². The minimum Gasteiger partial charge on any atom is -0.307 e. The first-order valence-corrected chi connectivity index (χ1v) is 7.56. The number of rotatable bonds is 3. The molecule has 0 aromatic heterocycles. The van der Waals surface area contributed by atoms with Crippen molar-refractivity contribution in [3.8, 4) is 0 Å². The fraction of sp³-hybridized carbons (Fsp3) is 0.600. The van der Waals surface area contributed by atoms with Crippen LogP contribution in [0.15, 0.2) is 28.7 Å². The fourth-order valence-corrected chi connectivity index (χ4v) is 2.91. The summed E-state index contributed by atoms with van der Waals surface area (Å²) in [4.78, 5) is 0. The second kappa shape index (κ2) is 6.55. The number of halogens is 1. The van der Waals surface area contributed by atoms with Gasteiger partial charge in [0.15, 0.2) is 0 Å². The lowest BCUT2D eigenvalue weighted by Crippen LogP contribution is -2.30. The molecule has 94 valence electrons. The Morgan fingerprint density at radius 3 is 2.24 bits per heavy atom. The van der Waals surface area contributed by atoms with Crippen molar-refractivity contribution < 1.29 is 0 Å². The van der Waals surface area contributed by atoms with E-state index >= 15 is 0 Å². The molecule has 0 aliphatic heterocycles. The molecule has 2 rings (SSSR count). The zero-order valence-corrected chi connectivity index (χ0v) is 12.2. The van der Waals surface area contributed by atoms with Crippen molar-refractivity contribution >= 4 is 15.9 Å².